The first-order valence-electron chi connectivity index (χ1n) is 11.6. The number of anilines is 1. The van der Waals surface area contributed by atoms with Crippen LogP contribution in [0.4, 0.5) is 5.69 Å². The summed E-state index contributed by atoms with van der Waals surface area (Å²) in [5.41, 5.74) is 6.01. The Bertz CT molecular complexity index is 1260. The Kier molecular flexibility index (Phi) is 5.62. The highest BCUT2D eigenvalue weighted by Crippen LogP contribution is 2.35. The van der Waals surface area contributed by atoms with Crippen LogP contribution in [0.15, 0.2) is 35.3 Å². The Morgan fingerprint density at radius 1 is 1.18 bits per heavy atom. The molecule has 1 amide bonds. The van der Waals surface area contributed by atoms with Gasteiger partial charge >= 0.3 is 0 Å². The van der Waals surface area contributed by atoms with E-state index in [1.165, 1.54) is 0 Å². The molecule has 0 aromatic carbocycles. The second-order valence-corrected chi connectivity index (χ2v) is 9.25. The number of aromatic amines is 1. The molecule has 0 spiro atoms. The number of nitrogens with one attached hydrogen (secondary N) is 2. The van der Waals surface area contributed by atoms with Gasteiger partial charge in [0, 0.05) is 51.5 Å². The summed E-state index contributed by atoms with van der Waals surface area (Å²) in [7, 11) is 1.62. The number of aryl methyl sites for hydroxylation is 2. The lowest BCUT2D eigenvalue weighted by Crippen LogP contribution is -2.29. The van der Waals surface area contributed by atoms with Gasteiger partial charge in [0.1, 0.15) is 5.69 Å². The molecule has 2 fully saturated rings. The molecule has 0 bridgehead atoms. The van der Waals surface area contributed by atoms with Gasteiger partial charge in [-0.3, -0.25) is 19.5 Å². The number of carbonyl (C=O) groups excluding carboxylic acids is 1. The predicted molar refractivity (Wildman–Crippen MR) is 129 cm³/mol. The average molecular weight is 447 g/mol. The van der Waals surface area contributed by atoms with Gasteiger partial charge in [-0.2, -0.15) is 0 Å². The van der Waals surface area contributed by atoms with Gasteiger partial charge in [0.05, 0.1) is 22.4 Å². The second kappa shape index (κ2) is 8.59. The summed E-state index contributed by atoms with van der Waals surface area (Å²) in [5.74, 6) is 1.07. The van der Waals surface area contributed by atoms with Crippen molar-refractivity contribution in [2.45, 2.75) is 26.8 Å². The number of hydrogen-bond acceptors (Lipinski definition) is 6. The van der Waals surface area contributed by atoms with E-state index in [4.69, 9.17) is 0 Å². The summed E-state index contributed by atoms with van der Waals surface area (Å²) < 4.78 is 0. The molecule has 5 heterocycles. The highest BCUT2D eigenvalue weighted by Gasteiger charge is 2.40. The topological polar surface area (TPSA) is 94.2 Å². The smallest absolute Gasteiger partial charge is 0.269 e. The Morgan fingerprint density at radius 2 is 1.94 bits per heavy atom. The summed E-state index contributed by atoms with van der Waals surface area (Å²) >= 11 is 0. The molecular formula is C25H30N6O2. The third-order valence-corrected chi connectivity index (χ3v) is 7.03. The number of pyridine rings is 3. The van der Waals surface area contributed by atoms with E-state index in [1.807, 2.05) is 38.2 Å². The summed E-state index contributed by atoms with van der Waals surface area (Å²) in [4.78, 5) is 41.0. The number of amides is 1. The lowest BCUT2D eigenvalue weighted by molar-refractivity contribution is 0.0958. The van der Waals surface area contributed by atoms with Crippen molar-refractivity contribution in [2.24, 2.45) is 11.8 Å². The third-order valence-electron chi connectivity index (χ3n) is 7.03. The molecule has 2 N–H and O–H groups in total. The van der Waals surface area contributed by atoms with E-state index in [2.05, 4.69) is 36.1 Å². The highest BCUT2D eigenvalue weighted by molar-refractivity contribution is 5.92. The van der Waals surface area contributed by atoms with Crippen LogP contribution < -0.4 is 15.8 Å². The predicted octanol–water partition coefficient (Wildman–Crippen LogP) is 2.12. The molecular weight excluding hydrogens is 416 g/mol. The minimum absolute atomic E-state index is 0.0205. The highest BCUT2D eigenvalue weighted by atomic mass is 16.1. The minimum Gasteiger partial charge on any atom is -0.369 e. The van der Waals surface area contributed by atoms with Crippen LogP contribution in [-0.4, -0.2) is 59.0 Å². The van der Waals surface area contributed by atoms with E-state index < -0.39 is 0 Å². The number of H-pyrrole nitrogens is 1. The van der Waals surface area contributed by atoms with Gasteiger partial charge in [-0.05, 0) is 55.0 Å². The van der Waals surface area contributed by atoms with Gasteiger partial charge in [-0.25, -0.2) is 4.98 Å². The first-order chi connectivity index (χ1) is 15.9. The summed E-state index contributed by atoms with van der Waals surface area (Å²) in [6, 6.07) is 7.79. The lowest BCUT2D eigenvalue weighted by Gasteiger charge is -2.24. The number of rotatable bonds is 5. The number of nitrogens with zero attached hydrogens (tertiary/aromatic N) is 4. The van der Waals surface area contributed by atoms with E-state index in [1.54, 1.807) is 7.05 Å². The van der Waals surface area contributed by atoms with Crippen molar-refractivity contribution in [2.75, 3.05) is 38.1 Å². The zero-order valence-corrected chi connectivity index (χ0v) is 19.4. The van der Waals surface area contributed by atoms with Crippen LogP contribution in [0.1, 0.15) is 34.2 Å². The minimum atomic E-state index is -0.156. The monoisotopic (exact) mass is 446 g/mol. The van der Waals surface area contributed by atoms with Gasteiger partial charge in [-0.15, -0.1) is 0 Å². The van der Waals surface area contributed by atoms with Crippen molar-refractivity contribution in [3.05, 3.63) is 63.3 Å². The van der Waals surface area contributed by atoms with Crippen molar-refractivity contribution in [1.29, 1.82) is 0 Å². The maximum Gasteiger partial charge on any atom is 0.269 e. The van der Waals surface area contributed by atoms with Crippen LogP contribution in [0.3, 0.4) is 0 Å². The molecule has 33 heavy (non-hydrogen) atoms. The average Bonchev–Trinajstić information content (AvgIpc) is 3.36. The Balaban J connectivity index is 1.24. The largest absolute Gasteiger partial charge is 0.369 e. The molecule has 3 aromatic heterocycles. The molecule has 8 heteroatoms. The van der Waals surface area contributed by atoms with E-state index >= 15 is 0 Å². The first kappa shape index (κ1) is 21.6. The van der Waals surface area contributed by atoms with Crippen molar-refractivity contribution >= 4 is 22.6 Å². The molecule has 3 aromatic rings. The zero-order chi connectivity index (χ0) is 23.1. The van der Waals surface area contributed by atoms with Crippen LogP contribution in [0.2, 0.25) is 0 Å². The van der Waals surface area contributed by atoms with Crippen molar-refractivity contribution in [3.8, 4) is 0 Å². The number of carbonyl (C=O) groups is 1. The Labute approximate surface area is 193 Å². The summed E-state index contributed by atoms with van der Waals surface area (Å²) in [6.45, 7) is 8.91. The van der Waals surface area contributed by atoms with Gasteiger partial charge in [0.25, 0.3) is 11.5 Å². The molecule has 0 radical (unpaired) electrons. The van der Waals surface area contributed by atoms with E-state index in [9.17, 15) is 9.59 Å². The van der Waals surface area contributed by atoms with Crippen LogP contribution in [0, 0.1) is 18.8 Å². The maximum atomic E-state index is 12.2. The summed E-state index contributed by atoms with van der Waals surface area (Å²) in [6.07, 6.45) is 2.64. The van der Waals surface area contributed by atoms with E-state index in [0.717, 1.165) is 66.3 Å². The summed E-state index contributed by atoms with van der Waals surface area (Å²) in [5, 5.41) is 2.63. The van der Waals surface area contributed by atoms with Crippen molar-refractivity contribution in [3.63, 3.8) is 0 Å². The van der Waals surface area contributed by atoms with Crippen molar-refractivity contribution < 1.29 is 4.79 Å². The third kappa shape index (κ3) is 4.11. The molecule has 2 saturated heterocycles. The SMILES string of the molecule is CCc1cc2ncc(CN3CC4CN(c5ccc(C(=O)NC)nc5C)CC4C3)cc2[nH]c1=O. The quantitative estimate of drug-likeness (QED) is 0.624. The number of likely N-dealkylation sites (tertiary alicyclic amines) is 1. The maximum absolute atomic E-state index is 12.2. The van der Waals surface area contributed by atoms with Gasteiger partial charge in [0.2, 0.25) is 0 Å². The number of fused-ring (bicyclic) bond motifs is 2. The molecule has 2 aliphatic rings. The zero-order valence-electron chi connectivity index (χ0n) is 19.4. The fourth-order valence-electron chi connectivity index (χ4n) is 5.33. The van der Waals surface area contributed by atoms with Crippen LogP contribution >= 0.6 is 0 Å². The fraction of sp³-hybridized carbons (Fsp3) is 0.440. The van der Waals surface area contributed by atoms with E-state index in [-0.39, 0.29) is 11.5 Å². The van der Waals surface area contributed by atoms with Crippen LogP contribution in [0.5, 0.6) is 0 Å². The van der Waals surface area contributed by atoms with E-state index in [0.29, 0.717) is 24.0 Å². The normalized spacial score (nSPS) is 20.4. The standard InChI is InChI=1S/C25H30N6O2/c1-4-17-8-21-22(29-24(17)32)7-16(9-27-21)10-30-11-18-13-31(14-19(18)12-30)23-6-5-20(25(33)26-3)28-15(23)2/h5-9,18-19H,4,10-14H2,1-3H3,(H,26,33)(H,29,32). The van der Waals surface area contributed by atoms with Gasteiger partial charge < -0.3 is 15.2 Å². The first-order valence-corrected chi connectivity index (χ1v) is 11.6. The van der Waals surface area contributed by atoms with Crippen LogP contribution in [-0.2, 0) is 13.0 Å². The number of aromatic nitrogens is 3. The van der Waals surface area contributed by atoms with Gasteiger partial charge in [0.15, 0.2) is 0 Å². The van der Waals surface area contributed by atoms with Crippen LogP contribution in [0.25, 0.3) is 11.0 Å². The second-order valence-electron chi connectivity index (χ2n) is 9.25. The fourth-order valence-corrected chi connectivity index (χ4v) is 5.33. The van der Waals surface area contributed by atoms with Crippen molar-refractivity contribution in [1.82, 2.24) is 25.2 Å². The molecule has 8 nitrogen and oxygen atoms in total. The Morgan fingerprint density at radius 3 is 2.61 bits per heavy atom. The molecule has 2 atom stereocenters. The molecule has 0 saturated carbocycles. The Hall–Kier alpha value is -3.26. The number of hydrogen-bond donors (Lipinski definition) is 2. The molecule has 2 aliphatic heterocycles. The molecule has 2 unspecified atom stereocenters. The lowest BCUT2D eigenvalue weighted by atomic mass is 10.0. The molecule has 172 valence electrons. The molecule has 0 aliphatic carbocycles. The van der Waals surface area contributed by atoms with Gasteiger partial charge in [-0.1, -0.05) is 6.92 Å². The molecule has 5 rings (SSSR count).